The number of benzene rings is 2. The van der Waals surface area contributed by atoms with Crippen LogP contribution in [0.2, 0.25) is 0 Å². The molecule has 0 bridgehead atoms. The first-order valence-corrected chi connectivity index (χ1v) is 8.36. The van der Waals surface area contributed by atoms with Gasteiger partial charge in [-0.1, -0.05) is 48.0 Å². The van der Waals surface area contributed by atoms with Crippen LogP contribution in [-0.4, -0.2) is 24.6 Å². The number of aryl methyl sites for hydroxylation is 1. The number of ether oxygens (including phenoxy) is 1. The zero-order valence-electron chi connectivity index (χ0n) is 14.5. The lowest BCUT2D eigenvalue weighted by atomic mass is 9.95. The summed E-state index contributed by atoms with van der Waals surface area (Å²) in [6.07, 6.45) is 1.01. The number of hydrogen-bond acceptors (Lipinski definition) is 2. The Hall–Kier alpha value is -2.49. The first kappa shape index (κ1) is 16.4. The van der Waals surface area contributed by atoms with Crippen molar-refractivity contribution in [2.45, 2.75) is 32.4 Å². The standard InChI is InChI=1S/C20H24N2O2/c1-14-9-10-19(24-3)17(13-14)15(2)21-20(23)22-12-11-18(22)16-7-5-4-6-8-16/h4-10,13,15,18H,11-12H2,1-3H3,(H,21,23)/t15-,18-/m1/s1. The van der Waals surface area contributed by atoms with Gasteiger partial charge in [-0.25, -0.2) is 4.79 Å². The van der Waals surface area contributed by atoms with Crippen LogP contribution in [0.25, 0.3) is 0 Å². The second kappa shape index (κ2) is 6.95. The molecule has 1 N–H and O–H groups in total. The number of nitrogens with one attached hydrogen (secondary N) is 1. The van der Waals surface area contributed by atoms with Gasteiger partial charge in [0.25, 0.3) is 0 Å². The number of carbonyl (C=O) groups excluding carboxylic acids is 1. The number of methoxy groups -OCH3 is 1. The van der Waals surface area contributed by atoms with E-state index in [4.69, 9.17) is 4.74 Å². The molecule has 1 aliphatic rings. The van der Waals surface area contributed by atoms with E-state index in [1.807, 2.05) is 49.1 Å². The van der Waals surface area contributed by atoms with Gasteiger partial charge in [0, 0.05) is 12.1 Å². The van der Waals surface area contributed by atoms with Crippen molar-refractivity contribution in [1.29, 1.82) is 0 Å². The Morgan fingerprint density at radius 3 is 2.62 bits per heavy atom. The molecule has 4 heteroatoms. The normalized spacial score (nSPS) is 17.8. The fraction of sp³-hybridized carbons (Fsp3) is 0.350. The van der Waals surface area contributed by atoms with Crippen molar-refractivity contribution >= 4 is 6.03 Å². The number of hydrogen-bond donors (Lipinski definition) is 1. The first-order chi connectivity index (χ1) is 11.6. The van der Waals surface area contributed by atoms with E-state index in [0.29, 0.717) is 0 Å². The van der Waals surface area contributed by atoms with E-state index in [1.54, 1.807) is 7.11 Å². The van der Waals surface area contributed by atoms with Gasteiger partial charge in [-0.2, -0.15) is 0 Å². The first-order valence-electron chi connectivity index (χ1n) is 8.36. The Bertz CT molecular complexity index is 715. The largest absolute Gasteiger partial charge is 0.496 e. The van der Waals surface area contributed by atoms with Crippen LogP contribution < -0.4 is 10.1 Å². The highest BCUT2D eigenvalue weighted by molar-refractivity contribution is 5.76. The maximum atomic E-state index is 12.7. The highest BCUT2D eigenvalue weighted by atomic mass is 16.5. The van der Waals surface area contributed by atoms with Gasteiger partial charge in [-0.3, -0.25) is 0 Å². The fourth-order valence-corrected chi connectivity index (χ4v) is 3.19. The lowest BCUT2D eigenvalue weighted by Gasteiger charge is -2.41. The molecule has 3 rings (SSSR count). The predicted molar refractivity (Wildman–Crippen MR) is 95.2 cm³/mol. The lowest BCUT2D eigenvalue weighted by Crippen LogP contribution is -2.50. The number of amides is 2. The quantitative estimate of drug-likeness (QED) is 0.915. The lowest BCUT2D eigenvalue weighted by molar-refractivity contribution is 0.113. The van der Waals surface area contributed by atoms with Crippen LogP contribution >= 0.6 is 0 Å². The van der Waals surface area contributed by atoms with E-state index >= 15 is 0 Å². The summed E-state index contributed by atoms with van der Waals surface area (Å²) < 4.78 is 5.43. The maximum absolute atomic E-state index is 12.7. The molecule has 0 unspecified atom stereocenters. The van der Waals surface area contributed by atoms with Gasteiger partial charge in [0.1, 0.15) is 5.75 Å². The third-order valence-electron chi connectivity index (χ3n) is 4.66. The zero-order chi connectivity index (χ0) is 17.1. The Kier molecular flexibility index (Phi) is 4.74. The third kappa shape index (κ3) is 3.23. The number of carbonyl (C=O) groups is 1. The van der Waals surface area contributed by atoms with Crippen molar-refractivity contribution < 1.29 is 9.53 Å². The van der Waals surface area contributed by atoms with Crippen LogP contribution in [0, 0.1) is 6.92 Å². The minimum atomic E-state index is -0.107. The monoisotopic (exact) mass is 324 g/mol. The molecule has 2 amide bonds. The Morgan fingerprint density at radius 1 is 1.25 bits per heavy atom. The molecule has 2 aromatic rings. The Labute approximate surface area is 143 Å². The van der Waals surface area contributed by atoms with Crippen molar-refractivity contribution in [2.75, 3.05) is 13.7 Å². The number of urea groups is 1. The summed E-state index contributed by atoms with van der Waals surface area (Å²) in [7, 11) is 1.66. The fourth-order valence-electron chi connectivity index (χ4n) is 3.19. The van der Waals surface area contributed by atoms with Gasteiger partial charge in [-0.15, -0.1) is 0 Å². The average molecular weight is 324 g/mol. The van der Waals surface area contributed by atoms with Gasteiger partial charge in [-0.05, 0) is 31.9 Å². The van der Waals surface area contributed by atoms with Crippen molar-refractivity contribution in [1.82, 2.24) is 10.2 Å². The minimum Gasteiger partial charge on any atom is -0.496 e. The van der Waals surface area contributed by atoms with Gasteiger partial charge in [0.05, 0.1) is 19.2 Å². The van der Waals surface area contributed by atoms with Crippen molar-refractivity contribution in [2.24, 2.45) is 0 Å². The molecule has 1 fully saturated rings. The van der Waals surface area contributed by atoms with Crippen LogP contribution in [0.1, 0.15) is 42.1 Å². The van der Waals surface area contributed by atoms with Crippen molar-refractivity contribution in [3.8, 4) is 5.75 Å². The summed E-state index contributed by atoms with van der Waals surface area (Å²) in [5.41, 5.74) is 3.35. The van der Waals surface area contributed by atoms with E-state index < -0.39 is 0 Å². The van der Waals surface area contributed by atoms with Crippen LogP contribution in [-0.2, 0) is 0 Å². The minimum absolute atomic E-state index is 0.0221. The van der Waals surface area contributed by atoms with E-state index in [0.717, 1.165) is 29.8 Å². The molecular formula is C20H24N2O2. The molecule has 2 atom stereocenters. The number of nitrogens with zero attached hydrogens (tertiary/aromatic N) is 1. The van der Waals surface area contributed by atoms with Crippen LogP contribution in [0.15, 0.2) is 48.5 Å². The topological polar surface area (TPSA) is 41.6 Å². The summed E-state index contributed by atoms with van der Waals surface area (Å²) in [6, 6.07) is 16.3. The molecule has 1 aliphatic heterocycles. The van der Waals surface area contributed by atoms with Crippen LogP contribution in [0.4, 0.5) is 4.79 Å². The molecule has 4 nitrogen and oxygen atoms in total. The molecule has 0 radical (unpaired) electrons. The molecule has 0 spiro atoms. The highest BCUT2D eigenvalue weighted by Gasteiger charge is 2.33. The van der Waals surface area contributed by atoms with E-state index in [-0.39, 0.29) is 18.1 Å². The Balaban J connectivity index is 1.70. The third-order valence-corrected chi connectivity index (χ3v) is 4.66. The molecule has 0 aromatic heterocycles. The second-order valence-corrected chi connectivity index (χ2v) is 6.33. The van der Waals surface area contributed by atoms with E-state index in [9.17, 15) is 4.79 Å². The molecular weight excluding hydrogens is 300 g/mol. The summed E-state index contributed by atoms with van der Waals surface area (Å²) >= 11 is 0. The summed E-state index contributed by atoms with van der Waals surface area (Å²) in [5, 5.41) is 3.11. The number of rotatable bonds is 4. The van der Waals surface area contributed by atoms with Crippen molar-refractivity contribution in [3.05, 3.63) is 65.2 Å². The molecule has 24 heavy (non-hydrogen) atoms. The summed E-state index contributed by atoms with van der Waals surface area (Å²) in [6.45, 7) is 4.83. The second-order valence-electron chi connectivity index (χ2n) is 6.33. The van der Waals surface area contributed by atoms with E-state index in [2.05, 4.69) is 23.5 Å². The summed E-state index contributed by atoms with van der Waals surface area (Å²) in [4.78, 5) is 14.5. The summed E-state index contributed by atoms with van der Waals surface area (Å²) in [5.74, 6) is 0.802. The maximum Gasteiger partial charge on any atom is 0.318 e. The average Bonchev–Trinajstić information content (AvgIpc) is 2.54. The van der Waals surface area contributed by atoms with Gasteiger partial charge in [0.15, 0.2) is 0 Å². The van der Waals surface area contributed by atoms with Gasteiger partial charge < -0.3 is 15.0 Å². The molecule has 1 heterocycles. The van der Waals surface area contributed by atoms with Gasteiger partial charge in [0.2, 0.25) is 0 Å². The molecule has 0 saturated carbocycles. The van der Waals surface area contributed by atoms with Crippen molar-refractivity contribution in [3.63, 3.8) is 0 Å². The SMILES string of the molecule is COc1ccc(C)cc1[C@@H](C)NC(=O)N1CC[C@@H]1c1ccccc1. The molecule has 2 aromatic carbocycles. The van der Waals surface area contributed by atoms with Gasteiger partial charge >= 0.3 is 6.03 Å². The zero-order valence-corrected chi connectivity index (χ0v) is 14.5. The molecule has 126 valence electrons. The van der Waals surface area contributed by atoms with Crippen LogP contribution in [0.5, 0.6) is 5.75 Å². The number of likely N-dealkylation sites (tertiary alicyclic amines) is 1. The van der Waals surface area contributed by atoms with E-state index in [1.165, 1.54) is 5.56 Å². The molecule has 0 aliphatic carbocycles. The smallest absolute Gasteiger partial charge is 0.318 e. The Morgan fingerprint density at radius 2 is 2.00 bits per heavy atom. The predicted octanol–water partition coefficient (Wildman–Crippen LogP) is 4.22. The highest BCUT2D eigenvalue weighted by Crippen LogP contribution is 2.34. The van der Waals surface area contributed by atoms with Crippen LogP contribution in [0.3, 0.4) is 0 Å². The molecule has 1 saturated heterocycles.